The zero-order valence-corrected chi connectivity index (χ0v) is 9.61. The molecule has 3 rings (SSSR count). The molecule has 1 saturated carbocycles. The maximum atomic E-state index is 13.8. The molecule has 1 aromatic carbocycles. The van der Waals surface area contributed by atoms with Crippen molar-refractivity contribution < 1.29 is 9.18 Å². The van der Waals surface area contributed by atoms with Crippen LogP contribution in [-0.4, -0.2) is 15.9 Å². The van der Waals surface area contributed by atoms with E-state index in [1.165, 1.54) is 18.6 Å². The third-order valence-corrected chi connectivity index (χ3v) is 3.03. The van der Waals surface area contributed by atoms with Gasteiger partial charge in [-0.15, -0.1) is 0 Å². The summed E-state index contributed by atoms with van der Waals surface area (Å²) in [7, 11) is 0. The van der Waals surface area contributed by atoms with Gasteiger partial charge >= 0.3 is 0 Å². The summed E-state index contributed by atoms with van der Waals surface area (Å²) in [6.07, 6.45) is 5.05. The van der Waals surface area contributed by atoms with Crippen molar-refractivity contribution in [2.24, 2.45) is 0 Å². The molecule has 0 atom stereocenters. The van der Waals surface area contributed by atoms with Crippen LogP contribution in [0.25, 0.3) is 0 Å². The summed E-state index contributed by atoms with van der Waals surface area (Å²) < 4.78 is 13.8. The monoisotopic (exact) mass is 245 g/mol. The van der Waals surface area contributed by atoms with E-state index < -0.39 is 11.7 Å². The third kappa shape index (κ3) is 2.11. The first-order chi connectivity index (χ1) is 8.74. The van der Waals surface area contributed by atoms with Crippen LogP contribution in [0.2, 0.25) is 0 Å². The average Bonchev–Trinajstić information content (AvgIpc) is 3.06. The number of carbonyl (C=O) groups is 1. The second kappa shape index (κ2) is 4.25. The third-order valence-electron chi connectivity index (χ3n) is 3.03. The van der Waals surface area contributed by atoms with Crippen LogP contribution in [0.15, 0.2) is 30.7 Å². The van der Waals surface area contributed by atoms with Crippen molar-refractivity contribution in [2.75, 3.05) is 5.32 Å². The molecule has 1 amide bonds. The fourth-order valence-corrected chi connectivity index (χ4v) is 1.87. The summed E-state index contributed by atoms with van der Waals surface area (Å²) in [5.41, 5.74) is 1.51. The predicted octanol–water partition coefficient (Wildman–Crippen LogP) is 2.68. The number of amides is 1. The number of aromatic nitrogens is 2. The van der Waals surface area contributed by atoms with Gasteiger partial charge in [0.25, 0.3) is 5.91 Å². The Balaban J connectivity index is 1.78. The molecular weight excluding hydrogens is 233 g/mol. The smallest absolute Gasteiger partial charge is 0.273 e. The van der Waals surface area contributed by atoms with E-state index in [0.29, 0.717) is 11.6 Å². The van der Waals surface area contributed by atoms with Gasteiger partial charge in [-0.25, -0.2) is 9.37 Å². The number of imidazole rings is 1. The summed E-state index contributed by atoms with van der Waals surface area (Å²) in [4.78, 5) is 18.1. The highest BCUT2D eigenvalue weighted by atomic mass is 19.1. The molecule has 5 heteroatoms. The van der Waals surface area contributed by atoms with E-state index >= 15 is 0 Å². The molecule has 92 valence electrons. The Bertz CT molecular complexity index is 576. The molecule has 1 fully saturated rings. The second-order valence-corrected chi connectivity index (χ2v) is 4.43. The lowest BCUT2D eigenvalue weighted by atomic mass is 10.1. The van der Waals surface area contributed by atoms with Crippen molar-refractivity contribution in [3.8, 4) is 0 Å². The number of nitrogens with one attached hydrogen (secondary N) is 2. The number of hydrogen-bond acceptors (Lipinski definition) is 2. The number of carbonyl (C=O) groups excluding carboxylic acids is 1. The molecule has 0 radical (unpaired) electrons. The van der Waals surface area contributed by atoms with Crippen LogP contribution >= 0.6 is 0 Å². The largest absolute Gasteiger partial charge is 0.341 e. The van der Waals surface area contributed by atoms with E-state index in [1.807, 2.05) is 6.07 Å². The number of halogens is 1. The summed E-state index contributed by atoms with van der Waals surface area (Å²) in [5, 5.41) is 2.51. The molecule has 1 aliphatic carbocycles. The summed E-state index contributed by atoms with van der Waals surface area (Å²) in [6, 6.07) is 4.97. The minimum absolute atomic E-state index is 0.194. The normalized spacial score (nSPS) is 14.5. The Hall–Kier alpha value is -2.17. The van der Waals surface area contributed by atoms with E-state index in [-0.39, 0.29) is 5.69 Å². The maximum absolute atomic E-state index is 13.8. The topological polar surface area (TPSA) is 57.8 Å². The fourth-order valence-electron chi connectivity index (χ4n) is 1.87. The van der Waals surface area contributed by atoms with Crippen LogP contribution in [0.3, 0.4) is 0 Å². The number of rotatable bonds is 3. The van der Waals surface area contributed by atoms with Gasteiger partial charge in [-0.3, -0.25) is 4.79 Å². The standard InChI is InChI=1S/C13H12FN3O/c14-10-5-9(8-1-2-8)3-4-11(10)17-13(18)12-6-15-7-16-12/h3-8H,1-2H2,(H,15,16)(H,17,18). The van der Waals surface area contributed by atoms with Crippen molar-refractivity contribution in [2.45, 2.75) is 18.8 Å². The van der Waals surface area contributed by atoms with Gasteiger partial charge in [0, 0.05) is 0 Å². The van der Waals surface area contributed by atoms with E-state index in [9.17, 15) is 9.18 Å². The maximum Gasteiger partial charge on any atom is 0.273 e. The molecule has 0 aliphatic heterocycles. The summed E-state index contributed by atoms with van der Waals surface area (Å²) in [6.45, 7) is 0. The molecular formula is C13H12FN3O. The van der Waals surface area contributed by atoms with Crippen molar-refractivity contribution in [3.63, 3.8) is 0 Å². The highest BCUT2D eigenvalue weighted by molar-refractivity contribution is 6.02. The van der Waals surface area contributed by atoms with Crippen LogP contribution in [0.5, 0.6) is 0 Å². The van der Waals surface area contributed by atoms with Gasteiger partial charge < -0.3 is 10.3 Å². The minimum atomic E-state index is -0.398. The first-order valence-corrected chi connectivity index (χ1v) is 5.83. The van der Waals surface area contributed by atoms with Gasteiger partial charge in [-0.05, 0) is 36.5 Å². The molecule has 0 unspecified atom stereocenters. The van der Waals surface area contributed by atoms with Crippen LogP contribution < -0.4 is 5.32 Å². The van der Waals surface area contributed by atoms with Gasteiger partial charge in [-0.1, -0.05) is 6.07 Å². The van der Waals surface area contributed by atoms with Crippen LogP contribution in [0.1, 0.15) is 34.8 Å². The average molecular weight is 245 g/mol. The first-order valence-electron chi connectivity index (χ1n) is 5.83. The number of aromatic amines is 1. The van der Waals surface area contributed by atoms with Crippen LogP contribution in [0, 0.1) is 5.82 Å². The lowest BCUT2D eigenvalue weighted by Crippen LogP contribution is -2.13. The number of anilines is 1. The van der Waals surface area contributed by atoms with E-state index in [4.69, 9.17) is 0 Å². The summed E-state index contributed by atoms with van der Waals surface area (Å²) >= 11 is 0. The lowest BCUT2D eigenvalue weighted by molar-refractivity contribution is 0.102. The van der Waals surface area contributed by atoms with Crippen molar-refractivity contribution in [3.05, 3.63) is 47.8 Å². The Morgan fingerprint density at radius 1 is 1.44 bits per heavy atom. The predicted molar refractivity (Wildman–Crippen MR) is 64.9 cm³/mol. The van der Waals surface area contributed by atoms with E-state index in [1.54, 1.807) is 6.07 Å². The highest BCUT2D eigenvalue weighted by Crippen LogP contribution is 2.40. The Morgan fingerprint density at radius 3 is 2.89 bits per heavy atom. The highest BCUT2D eigenvalue weighted by Gasteiger charge is 2.24. The van der Waals surface area contributed by atoms with E-state index in [2.05, 4.69) is 15.3 Å². The molecule has 2 N–H and O–H groups in total. The molecule has 4 nitrogen and oxygen atoms in total. The number of hydrogen-bond donors (Lipinski definition) is 2. The SMILES string of the molecule is O=C(Nc1ccc(C2CC2)cc1F)c1cnc[nH]1. The Morgan fingerprint density at radius 2 is 2.28 bits per heavy atom. The quantitative estimate of drug-likeness (QED) is 0.873. The van der Waals surface area contributed by atoms with Crippen molar-refractivity contribution >= 4 is 11.6 Å². The van der Waals surface area contributed by atoms with Crippen molar-refractivity contribution in [1.82, 2.24) is 9.97 Å². The molecule has 2 aromatic rings. The molecule has 1 aromatic heterocycles. The van der Waals surface area contributed by atoms with Gasteiger partial charge in [0.2, 0.25) is 0 Å². The molecule has 0 saturated heterocycles. The van der Waals surface area contributed by atoms with Crippen LogP contribution in [0.4, 0.5) is 10.1 Å². The fraction of sp³-hybridized carbons (Fsp3) is 0.231. The van der Waals surface area contributed by atoms with Gasteiger partial charge in [0.15, 0.2) is 0 Å². The number of nitrogens with zero attached hydrogens (tertiary/aromatic N) is 1. The Labute approximate surface area is 103 Å². The summed E-state index contributed by atoms with van der Waals surface area (Å²) in [5.74, 6) is -0.297. The Kier molecular flexibility index (Phi) is 2.59. The minimum Gasteiger partial charge on any atom is -0.341 e. The number of benzene rings is 1. The van der Waals surface area contributed by atoms with Crippen molar-refractivity contribution in [1.29, 1.82) is 0 Å². The molecule has 1 aliphatic rings. The number of H-pyrrole nitrogens is 1. The molecule has 1 heterocycles. The van der Waals surface area contributed by atoms with Gasteiger partial charge in [0.05, 0.1) is 18.2 Å². The molecule has 0 bridgehead atoms. The van der Waals surface area contributed by atoms with Crippen LogP contribution in [-0.2, 0) is 0 Å². The molecule has 0 spiro atoms. The lowest BCUT2D eigenvalue weighted by Gasteiger charge is -2.06. The zero-order chi connectivity index (χ0) is 12.5. The first kappa shape index (κ1) is 11.0. The van der Waals surface area contributed by atoms with Gasteiger partial charge in [0.1, 0.15) is 11.5 Å². The van der Waals surface area contributed by atoms with Gasteiger partial charge in [-0.2, -0.15) is 0 Å². The second-order valence-electron chi connectivity index (χ2n) is 4.43. The molecule has 18 heavy (non-hydrogen) atoms. The van der Waals surface area contributed by atoms with E-state index in [0.717, 1.165) is 18.4 Å². The zero-order valence-electron chi connectivity index (χ0n) is 9.61.